The smallest absolute Gasteiger partial charge is 0.0159 e. The van der Waals surface area contributed by atoms with Crippen molar-refractivity contribution in [2.24, 2.45) is 0 Å². The lowest BCUT2D eigenvalue weighted by molar-refractivity contribution is 0.660. The van der Waals surface area contributed by atoms with Gasteiger partial charge in [-0.2, -0.15) is 0 Å². The fourth-order valence-electron chi connectivity index (χ4n) is 9.70. The summed E-state index contributed by atoms with van der Waals surface area (Å²) in [5, 5.41) is 10.3. The standard InChI is InChI=1S/C53H38/c1-53(2)51-24-10-9-21-44(51)45-28-26-36(30-52(45)53)35-25-27-43-46(29-35)48(40-23-12-16-34-14-4-6-18-38(34)40)32-49-42-20-8-7-19-41(42)47(31-50(43)49)39-22-11-15-33-13-3-5-17-37(33)39/h3-4,6-16,18-32H,5,17H2,1-2H3. The summed E-state index contributed by atoms with van der Waals surface area (Å²) in [6, 6.07) is 59.7. The van der Waals surface area contributed by atoms with E-state index in [1.165, 1.54) is 110 Å². The number of rotatable bonds is 3. The summed E-state index contributed by atoms with van der Waals surface area (Å²) in [6.07, 6.45) is 6.77. The van der Waals surface area contributed by atoms with Crippen molar-refractivity contribution in [2.75, 3.05) is 0 Å². The summed E-state index contributed by atoms with van der Waals surface area (Å²) < 4.78 is 0. The maximum Gasteiger partial charge on any atom is 0.0159 e. The second-order valence-corrected chi connectivity index (χ2v) is 15.5. The molecule has 0 heteroatoms. The molecule has 0 unspecified atom stereocenters. The summed E-state index contributed by atoms with van der Waals surface area (Å²) >= 11 is 0. The highest BCUT2D eigenvalue weighted by atomic mass is 14.4. The van der Waals surface area contributed by atoms with Gasteiger partial charge in [-0.25, -0.2) is 0 Å². The van der Waals surface area contributed by atoms with Gasteiger partial charge < -0.3 is 0 Å². The topological polar surface area (TPSA) is 0 Å². The quantitative estimate of drug-likeness (QED) is 0.164. The van der Waals surface area contributed by atoms with Crippen LogP contribution in [0.3, 0.4) is 0 Å². The van der Waals surface area contributed by atoms with Crippen LogP contribution in [0.1, 0.15) is 42.5 Å². The molecule has 0 aliphatic heterocycles. The van der Waals surface area contributed by atoms with E-state index in [1.807, 2.05) is 0 Å². The van der Waals surface area contributed by atoms with E-state index in [0.717, 1.165) is 12.8 Å². The Balaban J connectivity index is 1.21. The third-order valence-electron chi connectivity index (χ3n) is 12.3. The molecule has 0 saturated heterocycles. The number of hydrogen-bond acceptors (Lipinski definition) is 0. The van der Waals surface area contributed by atoms with Gasteiger partial charge in [0.15, 0.2) is 0 Å². The van der Waals surface area contributed by atoms with Crippen LogP contribution in [0.25, 0.3) is 93.7 Å². The molecule has 0 aromatic heterocycles. The SMILES string of the molecule is CC1(C)c2ccccc2-c2ccc(-c3ccc4c(c3)c(-c3cccc5ccccc35)cc3c5ccccc5c(-c5cccc6c5CCC=C6)cc43)cc21. The van der Waals surface area contributed by atoms with Gasteiger partial charge in [0, 0.05) is 5.41 Å². The lowest BCUT2D eigenvalue weighted by atomic mass is 9.81. The van der Waals surface area contributed by atoms with Crippen LogP contribution >= 0.6 is 0 Å². The van der Waals surface area contributed by atoms with Gasteiger partial charge >= 0.3 is 0 Å². The minimum Gasteiger partial charge on any atom is -0.0836 e. The van der Waals surface area contributed by atoms with Crippen LogP contribution in [0, 0.1) is 0 Å². The average Bonchev–Trinajstić information content (AvgIpc) is 3.45. The molecule has 0 atom stereocenters. The van der Waals surface area contributed by atoms with Crippen LogP contribution < -0.4 is 0 Å². The van der Waals surface area contributed by atoms with Crippen molar-refractivity contribution in [3.63, 3.8) is 0 Å². The van der Waals surface area contributed by atoms with Gasteiger partial charge in [-0.05, 0) is 147 Å². The van der Waals surface area contributed by atoms with E-state index in [4.69, 9.17) is 0 Å². The molecule has 0 heterocycles. The molecule has 0 spiro atoms. The number of hydrogen-bond donors (Lipinski definition) is 0. The first-order valence-corrected chi connectivity index (χ1v) is 19.0. The zero-order chi connectivity index (χ0) is 35.3. The molecule has 0 amide bonds. The molecule has 0 radical (unpaired) electrons. The Hall–Kier alpha value is -6.24. The molecule has 53 heavy (non-hydrogen) atoms. The maximum absolute atomic E-state index is 2.50. The monoisotopic (exact) mass is 674 g/mol. The molecule has 0 N–H and O–H groups in total. The number of allylic oxidation sites excluding steroid dienone is 1. The molecule has 250 valence electrons. The van der Waals surface area contributed by atoms with Crippen molar-refractivity contribution in [1.82, 2.24) is 0 Å². The molecular weight excluding hydrogens is 637 g/mol. The molecule has 2 aliphatic carbocycles. The van der Waals surface area contributed by atoms with Gasteiger partial charge in [-0.1, -0.05) is 159 Å². The van der Waals surface area contributed by atoms with Gasteiger partial charge in [0.25, 0.3) is 0 Å². The minimum absolute atomic E-state index is 0.0486. The fourth-order valence-corrected chi connectivity index (χ4v) is 9.70. The highest BCUT2D eigenvalue weighted by Crippen LogP contribution is 2.50. The largest absolute Gasteiger partial charge is 0.0836 e. The molecule has 9 aromatic carbocycles. The lowest BCUT2D eigenvalue weighted by Gasteiger charge is -2.22. The average molecular weight is 675 g/mol. The normalized spacial score (nSPS) is 14.2. The summed E-state index contributed by atoms with van der Waals surface area (Å²) in [6.45, 7) is 4.74. The van der Waals surface area contributed by atoms with Gasteiger partial charge in [0.1, 0.15) is 0 Å². The zero-order valence-electron chi connectivity index (χ0n) is 30.1. The Kier molecular flexibility index (Phi) is 6.53. The van der Waals surface area contributed by atoms with Crippen LogP contribution in [0.2, 0.25) is 0 Å². The third kappa shape index (κ3) is 4.49. The Morgan fingerprint density at radius 3 is 1.91 bits per heavy atom. The van der Waals surface area contributed by atoms with Gasteiger partial charge in [0.2, 0.25) is 0 Å². The van der Waals surface area contributed by atoms with Crippen molar-refractivity contribution in [3.05, 3.63) is 186 Å². The molecule has 0 fully saturated rings. The van der Waals surface area contributed by atoms with Crippen molar-refractivity contribution >= 4 is 49.2 Å². The molecule has 2 aliphatic rings. The van der Waals surface area contributed by atoms with E-state index >= 15 is 0 Å². The Bertz CT molecular complexity index is 3020. The summed E-state index contributed by atoms with van der Waals surface area (Å²) in [5.41, 5.74) is 16.0. The molecule has 9 aromatic rings. The van der Waals surface area contributed by atoms with Crippen LogP contribution in [0.5, 0.6) is 0 Å². The maximum atomic E-state index is 2.50. The van der Waals surface area contributed by atoms with E-state index in [0.29, 0.717) is 0 Å². The first kappa shape index (κ1) is 30.4. The van der Waals surface area contributed by atoms with Crippen LogP contribution in [0.15, 0.2) is 164 Å². The van der Waals surface area contributed by atoms with E-state index in [9.17, 15) is 0 Å². The fraction of sp³-hybridized carbons (Fsp3) is 0.0943. The third-order valence-corrected chi connectivity index (χ3v) is 12.3. The van der Waals surface area contributed by atoms with Crippen molar-refractivity contribution in [1.29, 1.82) is 0 Å². The predicted molar refractivity (Wildman–Crippen MR) is 228 cm³/mol. The summed E-state index contributed by atoms with van der Waals surface area (Å²) in [7, 11) is 0. The number of benzene rings is 9. The molecule has 0 saturated carbocycles. The van der Waals surface area contributed by atoms with Crippen molar-refractivity contribution < 1.29 is 0 Å². The first-order chi connectivity index (χ1) is 26.0. The molecule has 11 rings (SSSR count). The van der Waals surface area contributed by atoms with Gasteiger partial charge in [-0.3, -0.25) is 0 Å². The highest BCUT2D eigenvalue weighted by Gasteiger charge is 2.35. The van der Waals surface area contributed by atoms with E-state index in [2.05, 4.69) is 184 Å². The second kappa shape index (κ2) is 11.4. The predicted octanol–water partition coefficient (Wildman–Crippen LogP) is 14.6. The van der Waals surface area contributed by atoms with Crippen molar-refractivity contribution in [2.45, 2.75) is 32.1 Å². The van der Waals surface area contributed by atoms with Crippen LogP contribution in [-0.4, -0.2) is 0 Å². The van der Waals surface area contributed by atoms with E-state index in [1.54, 1.807) is 0 Å². The summed E-state index contributed by atoms with van der Waals surface area (Å²) in [5.74, 6) is 0. The second-order valence-electron chi connectivity index (χ2n) is 15.5. The van der Waals surface area contributed by atoms with Crippen LogP contribution in [-0.2, 0) is 11.8 Å². The van der Waals surface area contributed by atoms with E-state index in [-0.39, 0.29) is 5.41 Å². The van der Waals surface area contributed by atoms with Gasteiger partial charge in [-0.15, -0.1) is 0 Å². The Labute approximate surface area is 310 Å². The van der Waals surface area contributed by atoms with Crippen molar-refractivity contribution in [3.8, 4) is 44.5 Å². The first-order valence-electron chi connectivity index (χ1n) is 19.0. The summed E-state index contributed by atoms with van der Waals surface area (Å²) in [4.78, 5) is 0. The van der Waals surface area contributed by atoms with Gasteiger partial charge in [0.05, 0.1) is 0 Å². The Morgan fingerprint density at radius 2 is 1.02 bits per heavy atom. The molecular formula is C53H38. The highest BCUT2D eigenvalue weighted by molar-refractivity contribution is 6.25. The number of fused-ring (bicyclic) bond motifs is 10. The Morgan fingerprint density at radius 1 is 0.396 bits per heavy atom. The van der Waals surface area contributed by atoms with Crippen LogP contribution in [0.4, 0.5) is 0 Å². The lowest BCUT2D eigenvalue weighted by Crippen LogP contribution is -2.14. The minimum atomic E-state index is -0.0486. The van der Waals surface area contributed by atoms with E-state index < -0.39 is 0 Å². The molecule has 0 nitrogen and oxygen atoms in total. The molecule has 0 bridgehead atoms. The zero-order valence-corrected chi connectivity index (χ0v) is 30.1.